The number of nitrogens with two attached hydrogens (primary N) is 1. The molecule has 1 unspecified atom stereocenters. The van der Waals surface area contributed by atoms with Crippen LogP contribution < -0.4 is 10.1 Å². The van der Waals surface area contributed by atoms with E-state index >= 15 is 0 Å². The monoisotopic (exact) mass is 526 g/mol. The summed E-state index contributed by atoms with van der Waals surface area (Å²) >= 11 is 4.89. The molecule has 0 amide bonds. The number of anilines is 1. The fourth-order valence-electron chi connectivity index (χ4n) is 3.72. The van der Waals surface area contributed by atoms with Gasteiger partial charge in [0.25, 0.3) is 0 Å². The van der Waals surface area contributed by atoms with Crippen LogP contribution in [0.15, 0.2) is 81.2 Å². The van der Waals surface area contributed by atoms with Gasteiger partial charge in [0, 0.05) is 10.9 Å². The van der Waals surface area contributed by atoms with Crippen molar-refractivity contribution in [2.75, 3.05) is 5.01 Å². The molecule has 0 saturated carbocycles. The van der Waals surface area contributed by atoms with Crippen LogP contribution in [-0.2, 0) is 10.0 Å². The van der Waals surface area contributed by atoms with E-state index in [9.17, 15) is 8.42 Å². The van der Waals surface area contributed by atoms with Crippen LogP contribution >= 0.6 is 27.3 Å². The van der Waals surface area contributed by atoms with E-state index in [1.54, 1.807) is 12.1 Å². The number of fused-ring (bicyclic) bond motifs is 1. The number of halogens is 1. The molecule has 2 heterocycles. The van der Waals surface area contributed by atoms with Gasteiger partial charge in [-0.05, 0) is 48.4 Å². The van der Waals surface area contributed by atoms with E-state index in [-0.39, 0.29) is 10.9 Å². The predicted molar refractivity (Wildman–Crippen MR) is 133 cm³/mol. The van der Waals surface area contributed by atoms with Crippen LogP contribution in [0.4, 0.5) is 5.13 Å². The van der Waals surface area contributed by atoms with Crippen molar-refractivity contribution >= 4 is 58.3 Å². The Labute approximate surface area is 198 Å². The van der Waals surface area contributed by atoms with Crippen molar-refractivity contribution in [2.45, 2.75) is 24.3 Å². The van der Waals surface area contributed by atoms with Crippen molar-refractivity contribution in [3.05, 3.63) is 87.9 Å². The summed E-state index contributed by atoms with van der Waals surface area (Å²) in [7, 11) is -3.78. The summed E-state index contributed by atoms with van der Waals surface area (Å²) < 4.78 is 25.3. The van der Waals surface area contributed by atoms with Gasteiger partial charge in [-0.25, -0.2) is 23.5 Å². The molecule has 1 aromatic heterocycles. The molecule has 32 heavy (non-hydrogen) atoms. The molecule has 6 nitrogen and oxygen atoms in total. The highest BCUT2D eigenvalue weighted by atomic mass is 79.9. The smallest absolute Gasteiger partial charge is 0.231 e. The van der Waals surface area contributed by atoms with Gasteiger partial charge < -0.3 is 0 Å². The Morgan fingerprint density at radius 1 is 1.06 bits per heavy atom. The first-order valence-electron chi connectivity index (χ1n) is 9.90. The van der Waals surface area contributed by atoms with Gasteiger partial charge in [-0.1, -0.05) is 69.2 Å². The first-order chi connectivity index (χ1) is 15.3. The average Bonchev–Trinajstić information content (AvgIpc) is 3.38. The molecule has 1 aliphatic heterocycles. The zero-order chi connectivity index (χ0) is 22.5. The van der Waals surface area contributed by atoms with Crippen molar-refractivity contribution in [1.82, 2.24) is 4.98 Å². The van der Waals surface area contributed by atoms with Crippen LogP contribution in [0.5, 0.6) is 0 Å². The lowest BCUT2D eigenvalue weighted by molar-refractivity contribution is 0.598. The number of nitrogens with zero attached hydrogens (tertiary/aromatic N) is 3. The molecule has 5 rings (SSSR count). The van der Waals surface area contributed by atoms with Crippen LogP contribution in [-0.4, -0.2) is 19.1 Å². The third kappa shape index (κ3) is 4.09. The number of aromatic nitrogens is 1. The van der Waals surface area contributed by atoms with Gasteiger partial charge in [-0.3, -0.25) is 0 Å². The number of benzene rings is 3. The van der Waals surface area contributed by atoms with Crippen LogP contribution in [0.2, 0.25) is 0 Å². The van der Waals surface area contributed by atoms with Crippen LogP contribution in [0.3, 0.4) is 0 Å². The lowest BCUT2D eigenvalue weighted by Crippen LogP contribution is -2.18. The fraction of sp³-hybridized carbons (Fsp3) is 0.130. The second kappa shape index (κ2) is 8.08. The normalized spacial score (nSPS) is 16.5. The SMILES string of the molecule is Cc1ccc(C2CC(c3ccc(Br)cc3)=NN2c2nc3ccc(S(N)(=O)=O)cc3s2)cc1. The Hall–Kier alpha value is -2.59. The molecular formula is C23H19BrN4O2S2. The second-order valence-electron chi connectivity index (χ2n) is 7.70. The molecule has 0 saturated heterocycles. The van der Waals surface area contributed by atoms with Gasteiger partial charge in [0.1, 0.15) is 0 Å². The molecule has 0 aliphatic carbocycles. The molecule has 2 N–H and O–H groups in total. The highest BCUT2D eigenvalue weighted by Gasteiger charge is 2.32. The van der Waals surface area contributed by atoms with Gasteiger partial charge >= 0.3 is 0 Å². The first-order valence-corrected chi connectivity index (χ1v) is 13.1. The number of thiazole rings is 1. The van der Waals surface area contributed by atoms with Gasteiger partial charge in [0.05, 0.1) is 26.9 Å². The molecule has 1 atom stereocenters. The summed E-state index contributed by atoms with van der Waals surface area (Å²) in [5.41, 5.74) is 5.10. The minimum Gasteiger partial charge on any atom is -0.231 e. The minimum atomic E-state index is -3.78. The van der Waals surface area contributed by atoms with Crippen molar-refractivity contribution in [2.24, 2.45) is 10.2 Å². The average molecular weight is 527 g/mol. The van der Waals surface area contributed by atoms with E-state index in [0.717, 1.165) is 32.4 Å². The van der Waals surface area contributed by atoms with Crippen LogP contribution in [0, 0.1) is 6.92 Å². The van der Waals surface area contributed by atoms with Gasteiger partial charge in [0.2, 0.25) is 15.2 Å². The van der Waals surface area contributed by atoms with Crippen molar-refractivity contribution in [3.63, 3.8) is 0 Å². The molecule has 9 heteroatoms. The molecule has 0 bridgehead atoms. The number of primary sulfonamides is 1. The maximum atomic E-state index is 11.8. The Bertz CT molecular complexity index is 1450. The number of sulfonamides is 1. The molecular weight excluding hydrogens is 508 g/mol. The maximum Gasteiger partial charge on any atom is 0.238 e. The van der Waals surface area contributed by atoms with Crippen molar-refractivity contribution < 1.29 is 8.42 Å². The zero-order valence-corrected chi connectivity index (χ0v) is 20.3. The van der Waals surface area contributed by atoms with E-state index in [4.69, 9.17) is 15.2 Å². The molecule has 0 radical (unpaired) electrons. The maximum absolute atomic E-state index is 11.8. The van der Waals surface area contributed by atoms with Crippen LogP contribution in [0.1, 0.15) is 29.2 Å². The summed E-state index contributed by atoms with van der Waals surface area (Å²) in [4.78, 5) is 4.83. The Morgan fingerprint density at radius 2 is 1.78 bits per heavy atom. The largest absolute Gasteiger partial charge is 0.238 e. The van der Waals surface area contributed by atoms with E-state index < -0.39 is 10.0 Å². The summed E-state index contributed by atoms with van der Waals surface area (Å²) in [6.07, 6.45) is 0.739. The van der Waals surface area contributed by atoms with E-state index in [2.05, 4.69) is 59.3 Å². The number of hydrogen-bond donors (Lipinski definition) is 1. The summed E-state index contributed by atoms with van der Waals surface area (Å²) in [6, 6.07) is 21.3. The molecule has 4 aromatic rings. The molecule has 1 aliphatic rings. The first kappa shape index (κ1) is 21.3. The Kier molecular flexibility index (Phi) is 5.37. The lowest BCUT2D eigenvalue weighted by Gasteiger charge is -2.21. The van der Waals surface area contributed by atoms with E-state index in [1.165, 1.54) is 23.0 Å². The third-order valence-corrected chi connectivity index (χ3v) is 7.87. The van der Waals surface area contributed by atoms with Gasteiger partial charge in [0.15, 0.2) is 0 Å². The number of aryl methyl sites for hydroxylation is 1. The van der Waals surface area contributed by atoms with Gasteiger partial charge in [-0.2, -0.15) is 5.10 Å². The number of rotatable bonds is 4. The zero-order valence-electron chi connectivity index (χ0n) is 17.1. The lowest BCUT2D eigenvalue weighted by atomic mass is 9.98. The Morgan fingerprint density at radius 3 is 2.47 bits per heavy atom. The molecule has 0 fully saturated rings. The summed E-state index contributed by atoms with van der Waals surface area (Å²) in [5, 5.41) is 12.9. The highest BCUT2D eigenvalue weighted by Crippen LogP contribution is 2.40. The summed E-state index contributed by atoms with van der Waals surface area (Å²) in [5.74, 6) is 0. The number of hydrogen-bond acceptors (Lipinski definition) is 6. The van der Waals surface area contributed by atoms with Gasteiger partial charge in [-0.15, -0.1) is 0 Å². The second-order valence-corrected chi connectivity index (χ2v) is 11.2. The van der Waals surface area contributed by atoms with Crippen LogP contribution in [0.25, 0.3) is 10.2 Å². The molecule has 3 aromatic carbocycles. The summed E-state index contributed by atoms with van der Waals surface area (Å²) in [6.45, 7) is 2.07. The third-order valence-electron chi connectivity index (χ3n) is 5.42. The molecule has 0 spiro atoms. The standard InChI is InChI=1S/C23H19BrN4O2S2/c1-14-2-4-16(5-3-14)21-13-20(15-6-8-17(24)9-7-15)27-28(21)23-26-19-11-10-18(32(25,29)30)12-22(19)31-23/h2-12,21H,13H2,1H3,(H2,25,29,30). The van der Waals surface area contributed by atoms with Crippen molar-refractivity contribution in [1.29, 1.82) is 0 Å². The predicted octanol–water partition coefficient (Wildman–Crippen LogP) is 5.37. The quantitative estimate of drug-likeness (QED) is 0.387. The van der Waals surface area contributed by atoms with Crippen molar-refractivity contribution in [3.8, 4) is 0 Å². The highest BCUT2D eigenvalue weighted by molar-refractivity contribution is 9.10. The fourth-order valence-corrected chi connectivity index (χ4v) is 5.60. The molecule has 162 valence electrons. The Balaban J connectivity index is 1.60. The van der Waals surface area contributed by atoms with E-state index in [1.807, 2.05) is 17.1 Å². The van der Waals surface area contributed by atoms with E-state index in [0.29, 0.717) is 10.6 Å². The minimum absolute atomic E-state index is 0.00693. The number of hydrazone groups is 1. The topological polar surface area (TPSA) is 88.7 Å².